The van der Waals surface area contributed by atoms with E-state index in [1.165, 1.54) is 0 Å². The van der Waals surface area contributed by atoms with Gasteiger partial charge < -0.3 is 10.6 Å². The minimum atomic E-state index is 0. The van der Waals surface area contributed by atoms with Crippen LogP contribution in [-0.2, 0) is 0 Å². The molecule has 0 unspecified atom stereocenters. The van der Waals surface area contributed by atoms with Crippen molar-refractivity contribution in [3.63, 3.8) is 0 Å². The Morgan fingerprint density at radius 2 is 1.09 bits per heavy atom. The van der Waals surface area contributed by atoms with Gasteiger partial charge in [0.2, 0.25) is 0 Å². The monoisotopic (exact) mass is 150 g/mol. The van der Waals surface area contributed by atoms with Crippen molar-refractivity contribution in [2.24, 2.45) is 0 Å². The van der Waals surface area contributed by atoms with Gasteiger partial charge in [-0.25, -0.2) is 0 Å². The van der Waals surface area contributed by atoms with Crippen molar-refractivity contribution >= 4 is 18.9 Å². The third-order valence-electron chi connectivity index (χ3n) is 0.942. The maximum absolute atomic E-state index is 3.16. The van der Waals surface area contributed by atoms with Crippen molar-refractivity contribution in [3.8, 4) is 0 Å². The predicted octanol–water partition coefficient (Wildman–Crippen LogP) is 0.805. The fourth-order valence-electron chi connectivity index (χ4n) is 0.481. The molecule has 0 aromatic carbocycles. The third-order valence-corrected chi connectivity index (χ3v) is 0.942. The summed E-state index contributed by atoms with van der Waals surface area (Å²) >= 11 is 0. The first kappa shape index (κ1) is 13.5. The fourth-order valence-corrected chi connectivity index (χ4v) is 0.481. The standard InChI is InChI=1S/C8H18N2.Li.H/c1-7(2)9-5-6-10-8(3)4;;/h5-10H,1-4H3;;. The molecule has 62 valence electrons. The quantitative estimate of drug-likeness (QED) is 0.579. The third kappa shape index (κ3) is 13.0. The number of rotatable bonds is 4. The van der Waals surface area contributed by atoms with Crippen LogP contribution in [0.5, 0.6) is 0 Å². The number of hydrogen-bond donors (Lipinski definition) is 2. The summed E-state index contributed by atoms with van der Waals surface area (Å²) in [5.74, 6) is 0. The van der Waals surface area contributed by atoms with Crippen LogP contribution in [0, 0.1) is 0 Å². The van der Waals surface area contributed by atoms with Crippen molar-refractivity contribution in [1.29, 1.82) is 0 Å². The Bertz CT molecular complexity index is 88.3. The van der Waals surface area contributed by atoms with E-state index in [4.69, 9.17) is 0 Å². The van der Waals surface area contributed by atoms with Crippen LogP contribution < -0.4 is 10.6 Å². The van der Waals surface area contributed by atoms with E-state index in [0.29, 0.717) is 12.1 Å². The van der Waals surface area contributed by atoms with Gasteiger partial charge in [-0.1, -0.05) is 0 Å². The van der Waals surface area contributed by atoms with Crippen molar-refractivity contribution in [2.45, 2.75) is 39.8 Å². The van der Waals surface area contributed by atoms with Crippen molar-refractivity contribution in [3.05, 3.63) is 12.4 Å². The molecule has 0 radical (unpaired) electrons. The molecule has 0 aliphatic carbocycles. The molecular formula is C8H19LiN2. The Hall–Kier alpha value is -0.0626. The van der Waals surface area contributed by atoms with Gasteiger partial charge in [0.15, 0.2) is 0 Å². The van der Waals surface area contributed by atoms with Gasteiger partial charge in [-0.2, -0.15) is 0 Å². The maximum atomic E-state index is 3.16. The Kier molecular flexibility index (Phi) is 9.88. The van der Waals surface area contributed by atoms with Gasteiger partial charge >= 0.3 is 18.9 Å². The van der Waals surface area contributed by atoms with Crippen LogP contribution in [-0.4, -0.2) is 30.9 Å². The summed E-state index contributed by atoms with van der Waals surface area (Å²) in [5, 5.41) is 6.32. The molecule has 0 bridgehead atoms. The van der Waals surface area contributed by atoms with Gasteiger partial charge in [0, 0.05) is 24.5 Å². The molecule has 0 amide bonds. The average molecular weight is 150 g/mol. The Morgan fingerprint density at radius 3 is 1.27 bits per heavy atom. The van der Waals surface area contributed by atoms with Crippen LogP contribution in [0.3, 0.4) is 0 Å². The zero-order chi connectivity index (χ0) is 7.98. The van der Waals surface area contributed by atoms with E-state index < -0.39 is 0 Å². The van der Waals surface area contributed by atoms with Crippen molar-refractivity contribution in [1.82, 2.24) is 10.6 Å². The first-order valence-electron chi connectivity index (χ1n) is 3.80. The van der Waals surface area contributed by atoms with E-state index in [2.05, 4.69) is 38.3 Å². The average Bonchev–Trinajstić information content (AvgIpc) is 1.79. The van der Waals surface area contributed by atoms with E-state index in [1.54, 1.807) is 0 Å². The van der Waals surface area contributed by atoms with Crippen molar-refractivity contribution in [2.75, 3.05) is 0 Å². The molecule has 3 heteroatoms. The van der Waals surface area contributed by atoms with Gasteiger partial charge in [-0.3, -0.25) is 0 Å². The topological polar surface area (TPSA) is 24.1 Å². The Balaban J connectivity index is 0. The minimum absolute atomic E-state index is 0. The van der Waals surface area contributed by atoms with Crippen LogP contribution in [0.4, 0.5) is 0 Å². The molecule has 0 saturated heterocycles. The second-order valence-corrected chi connectivity index (χ2v) is 2.98. The molecule has 0 heterocycles. The normalized spacial score (nSPS) is 10.4. The van der Waals surface area contributed by atoms with Gasteiger partial charge in [-0.05, 0) is 27.7 Å². The fraction of sp³-hybridized carbons (Fsp3) is 0.750. The molecule has 0 aliphatic heterocycles. The summed E-state index contributed by atoms with van der Waals surface area (Å²) in [6.07, 6.45) is 3.87. The molecule has 2 nitrogen and oxygen atoms in total. The molecule has 0 spiro atoms. The summed E-state index contributed by atoms with van der Waals surface area (Å²) in [5.41, 5.74) is 0. The molecule has 0 atom stereocenters. The summed E-state index contributed by atoms with van der Waals surface area (Å²) in [6.45, 7) is 8.44. The molecule has 2 N–H and O–H groups in total. The first-order chi connectivity index (χ1) is 4.63. The molecule has 0 aromatic heterocycles. The summed E-state index contributed by atoms with van der Waals surface area (Å²) in [7, 11) is 0. The van der Waals surface area contributed by atoms with Crippen LogP contribution >= 0.6 is 0 Å². The molecule has 0 saturated carbocycles. The van der Waals surface area contributed by atoms with Crippen LogP contribution in [0.15, 0.2) is 12.4 Å². The van der Waals surface area contributed by atoms with Crippen LogP contribution in [0.2, 0.25) is 0 Å². The van der Waals surface area contributed by atoms with E-state index in [9.17, 15) is 0 Å². The van der Waals surface area contributed by atoms with Gasteiger partial charge in [0.1, 0.15) is 0 Å². The van der Waals surface area contributed by atoms with Gasteiger partial charge in [0.25, 0.3) is 0 Å². The second kappa shape index (κ2) is 8.04. The van der Waals surface area contributed by atoms with Crippen LogP contribution in [0.25, 0.3) is 0 Å². The zero-order valence-electron chi connectivity index (χ0n) is 7.31. The number of hydrogen-bond acceptors (Lipinski definition) is 2. The Labute approximate surface area is 82.0 Å². The summed E-state index contributed by atoms with van der Waals surface area (Å²) in [6, 6.07) is 1.04. The van der Waals surface area contributed by atoms with E-state index in [1.807, 2.05) is 12.4 Å². The zero-order valence-corrected chi connectivity index (χ0v) is 7.31. The summed E-state index contributed by atoms with van der Waals surface area (Å²) < 4.78 is 0. The molecule has 0 fully saturated rings. The molecule has 0 rings (SSSR count). The second-order valence-electron chi connectivity index (χ2n) is 2.98. The molecule has 0 aromatic rings. The van der Waals surface area contributed by atoms with E-state index in [0.717, 1.165) is 0 Å². The molecular weight excluding hydrogens is 131 g/mol. The van der Waals surface area contributed by atoms with Crippen molar-refractivity contribution < 1.29 is 0 Å². The Morgan fingerprint density at radius 1 is 0.818 bits per heavy atom. The SMILES string of the molecule is CC(C)NC=CNC(C)C.[LiH]. The summed E-state index contributed by atoms with van der Waals surface area (Å²) in [4.78, 5) is 0. The predicted molar refractivity (Wildman–Crippen MR) is 52.8 cm³/mol. The number of nitrogens with one attached hydrogen (secondary N) is 2. The molecule has 11 heavy (non-hydrogen) atoms. The van der Waals surface area contributed by atoms with E-state index in [-0.39, 0.29) is 18.9 Å². The van der Waals surface area contributed by atoms with E-state index >= 15 is 0 Å². The first-order valence-corrected chi connectivity index (χ1v) is 3.80. The van der Waals surface area contributed by atoms with Gasteiger partial charge in [0.05, 0.1) is 0 Å². The van der Waals surface area contributed by atoms with Gasteiger partial charge in [-0.15, -0.1) is 0 Å². The molecule has 0 aliphatic rings. The van der Waals surface area contributed by atoms with Crippen LogP contribution in [0.1, 0.15) is 27.7 Å².